The maximum atomic E-state index is 11.4. The average Bonchev–Trinajstić information content (AvgIpc) is 2.81. The first kappa shape index (κ1) is 15.2. The van der Waals surface area contributed by atoms with Gasteiger partial charge >= 0.3 is 5.97 Å². The number of hydrogen-bond acceptors (Lipinski definition) is 5. The minimum Gasteiger partial charge on any atom is -0.494 e. The monoisotopic (exact) mass is 288 g/mol. The molecule has 2 rings (SSSR count). The van der Waals surface area contributed by atoms with Crippen molar-refractivity contribution in [1.82, 2.24) is 0 Å². The molecule has 1 aromatic carbocycles. The molecule has 1 saturated heterocycles. The molecule has 1 unspecified atom stereocenters. The second kappa shape index (κ2) is 6.52. The van der Waals surface area contributed by atoms with Crippen LogP contribution in [0.2, 0.25) is 0 Å². The second-order valence-corrected chi connectivity index (χ2v) is 4.92. The van der Waals surface area contributed by atoms with E-state index in [-0.39, 0.29) is 18.2 Å². The van der Waals surface area contributed by atoms with Crippen LogP contribution in [0.5, 0.6) is 5.75 Å². The smallest absolute Gasteiger partial charge is 0.352 e. The average molecular weight is 288 g/mol. The highest BCUT2D eigenvalue weighted by atomic mass is 16.5. The van der Waals surface area contributed by atoms with Crippen LogP contribution in [0, 0.1) is 5.41 Å². The van der Waals surface area contributed by atoms with Crippen molar-refractivity contribution in [2.75, 3.05) is 13.2 Å². The van der Waals surface area contributed by atoms with Crippen LogP contribution < -0.4 is 4.74 Å². The van der Waals surface area contributed by atoms with Gasteiger partial charge in [0.05, 0.1) is 18.2 Å². The zero-order valence-electron chi connectivity index (χ0n) is 12.6. The van der Waals surface area contributed by atoms with E-state index in [0.29, 0.717) is 12.4 Å². The van der Waals surface area contributed by atoms with E-state index in [4.69, 9.17) is 14.9 Å². The van der Waals surface area contributed by atoms with Gasteiger partial charge in [0.1, 0.15) is 18.1 Å². The Morgan fingerprint density at radius 1 is 1.48 bits per heavy atom. The Labute approximate surface area is 124 Å². The van der Waals surface area contributed by atoms with Gasteiger partial charge in [-0.05, 0) is 44.0 Å². The summed E-state index contributed by atoms with van der Waals surface area (Å²) in [5.41, 5.74) is 2.56. The standard InChI is InChI=1S/C16H20N2O3/c1-4-10(3)18-14-7-6-11(20-5-2)8-12(14)13-9-21-16(19)15(13)17/h6-8,13,17H,4-5,9H2,1-3H3. The third-order valence-corrected chi connectivity index (χ3v) is 3.46. The highest BCUT2D eigenvalue weighted by Gasteiger charge is 2.34. The Balaban J connectivity index is 2.46. The first-order chi connectivity index (χ1) is 10.1. The molecule has 0 saturated carbocycles. The van der Waals surface area contributed by atoms with Crippen LogP contribution in [0.25, 0.3) is 0 Å². The number of rotatable bonds is 5. The molecule has 1 fully saturated rings. The number of esters is 1. The molecule has 0 spiro atoms. The van der Waals surface area contributed by atoms with Crippen LogP contribution in [0.15, 0.2) is 23.2 Å². The third kappa shape index (κ3) is 3.29. The number of nitrogens with one attached hydrogen (secondary N) is 1. The van der Waals surface area contributed by atoms with E-state index in [1.807, 2.05) is 39.0 Å². The number of carbonyl (C=O) groups is 1. The van der Waals surface area contributed by atoms with Crippen LogP contribution >= 0.6 is 0 Å². The van der Waals surface area contributed by atoms with Crippen molar-refractivity contribution in [2.45, 2.75) is 33.1 Å². The predicted molar refractivity (Wildman–Crippen MR) is 82.1 cm³/mol. The Hall–Kier alpha value is -2.17. The van der Waals surface area contributed by atoms with Crippen LogP contribution in [0.1, 0.15) is 38.7 Å². The molecule has 0 radical (unpaired) electrons. The van der Waals surface area contributed by atoms with Crippen molar-refractivity contribution in [3.8, 4) is 5.75 Å². The Morgan fingerprint density at radius 3 is 2.81 bits per heavy atom. The van der Waals surface area contributed by atoms with Gasteiger partial charge in [0.2, 0.25) is 0 Å². The van der Waals surface area contributed by atoms with E-state index >= 15 is 0 Å². The first-order valence-corrected chi connectivity index (χ1v) is 7.13. The van der Waals surface area contributed by atoms with Gasteiger partial charge in [0.25, 0.3) is 0 Å². The molecule has 1 N–H and O–H groups in total. The molecule has 21 heavy (non-hydrogen) atoms. The second-order valence-electron chi connectivity index (χ2n) is 4.92. The zero-order chi connectivity index (χ0) is 15.4. The topological polar surface area (TPSA) is 71.7 Å². The minimum atomic E-state index is -0.552. The summed E-state index contributed by atoms with van der Waals surface area (Å²) in [5.74, 6) is -0.210. The lowest BCUT2D eigenvalue weighted by atomic mass is 9.94. The van der Waals surface area contributed by atoms with Gasteiger partial charge in [-0.3, -0.25) is 10.4 Å². The lowest BCUT2D eigenvalue weighted by Gasteiger charge is -2.13. The van der Waals surface area contributed by atoms with Crippen LogP contribution in [0.4, 0.5) is 5.69 Å². The van der Waals surface area contributed by atoms with E-state index in [0.717, 1.165) is 23.4 Å². The number of cyclic esters (lactones) is 1. The lowest BCUT2D eigenvalue weighted by Crippen LogP contribution is -2.12. The molecule has 0 amide bonds. The fourth-order valence-corrected chi connectivity index (χ4v) is 2.16. The van der Waals surface area contributed by atoms with Crippen molar-refractivity contribution in [3.63, 3.8) is 0 Å². The predicted octanol–water partition coefficient (Wildman–Crippen LogP) is 3.25. The lowest BCUT2D eigenvalue weighted by molar-refractivity contribution is -0.132. The fraction of sp³-hybridized carbons (Fsp3) is 0.438. The SMILES string of the molecule is CCOc1ccc(N=C(C)CC)c(C2COC(=O)C2=N)c1. The molecule has 1 atom stereocenters. The quantitative estimate of drug-likeness (QED) is 0.667. The molecule has 0 aromatic heterocycles. The van der Waals surface area contributed by atoms with E-state index in [1.54, 1.807) is 0 Å². The van der Waals surface area contributed by atoms with Crippen molar-refractivity contribution in [2.24, 2.45) is 4.99 Å². The van der Waals surface area contributed by atoms with E-state index < -0.39 is 5.97 Å². The molecule has 1 heterocycles. The summed E-state index contributed by atoms with van der Waals surface area (Å²) in [4.78, 5) is 16.0. The molecule has 1 aliphatic heterocycles. The molecule has 5 nitrogen and oxygen atoms in total. The maximum absolute atomic E-state index is 11.4. The molecular formula is C16H20N2O3. The van der Waals surface area contributed by atoms with Crippen molar-refractivity contribution < 1.29 is 14.3 Å². The summed E-state index contributed by atoms with van der Waals surface area (Å²) < 4.78 is 10.5. The molecule has 0 bridgehead atoms. The molecular weight excluding hydrogens is 268 g/mol. The van der Waals surface area contributed by atoms with Crippen LogP contribution in [0.3, 0.4) is 0 Å². The van der Waals surface area contributed by atoms with Crippen molar-refractivity contribution in [1.29, 1.82) is 5.41 Å². The number of aliphatic imine (C=N–C) groups is 1. The van der Waals surface area contributed by atoms with Gasteiger partial charge in [0, 0.05) is 5.71 Å². The van der Waals surface area contributed by atoms with Gasteiger partial charge in [-0.2, -0.15) is 0 Å². The Morgan fingerprint density at radius 2 is 2.24 bits per heavy atom. The number of nitrogens with zero attached hydrogens (tertiary/aromatic N) is 1. The van der Waals surface area contributed by atoms with Crippen LogP contribution in [-0.4, -0.2) is 30.6 Å². The molecule has 1 aliphatic rings. The van der Waals surface area contributed by atoms with Gasteiger partial charge < -0.3 is 9.47 Å². The van der Waals surface area contributed by atoms with E-state index in [9.17, 15) is 4.79 Å². The number of ether oxygens (including phenoxy) is 2. The van der Waals surface area contributed by atoms with Gasteiger partial charge in [-0.1, -0.05) is 6.92 Å². The highest BCUT2D eigenvalue weighted by molar-refractivity contribution is 6.39. The van der Waals surface area contributed by atoms with Crippen molar-refractivity contribution in [3.05, 3.63) is 23.8 Å². The van der Waals surface area contributed by atoms with Crippen LogP contribution in [-0.2, 0) is 9.53 Å². The maximum Gasteiger partial charge on any atom is 0.352 e. The summed E-state index contributed by atoms with van der Waals surface area (Å²) in [6.07, 6.45) is 0.851. The number of hydrogen-bond donors (Lipinski definition) is 1. The number of benzene rings is 1. The highest BCUT2D eigenvalue weighted by Crippen LogP contribution is 2.34. The normalized spacial score (nSPS) is 18.8. The molecule has 5 heteroatoms. The molecule has 1 aromatic rings. The summed E-state index contributed by atoms with van der Waals surface area (Å²) in [6, 6.07) is 5.58. The molecule has 0 aliphatic carbocycles. The molecule has 112 valence electrons. The summed E-state index contributed by atoms with van der Waals surface area (Å²) >= 11 is 0. The van der Waals surface area contributed by atoms with E-state index in [1.165, 1.54) is 0 Å². The summed E-state index contributed by atoms with van der Waals surface area (Å²) in [5, 5.41) is 7.88. The first-order valence-electron chi connectivity index (χ1n) is 7.13. The fourth-order valence-electron chi connectivity index (χ4n) is 2.16. The minimum absolute atomic E-state index is 0.0192. The van der Waals surface area contributed by atoms with Gasteiger partial charge in [0.15, 0.2) is 0 Å². The van der Waals surface area contributed by atoms with Gasteiger partial charge in [-0.15, -0.1) is 0 Å². The summed E-state index contributed by atoms with van der Waals surface area (Å²) in [7, 11) is 0. The number of carbonyl (C=O) groups excluding carboxylic acids is 1. The van der Waals surface area contributed by atoms with Gasteiger partial charge in [-0.25, -0.2) is 4.79 Å². The Kier molecular flexibility index (Phi) is 4.73. The Bertz CT molecular complexity index is 593. The zero-order valence-corrected chi connectivity index (χ0v) is 12.6. The summed E-state index contributed by atoms with van der Waals surface area (Å²) in [6.45, 7) is 6.67. The van der Waals surface area contributed by atoms with E-state index in [2.05, 4.69) is 4.99 Å². The van der Waals surface area contributed by atoms with Crippen molar-refractivity contribution >= 4 is 23.1 Å². The largest absolute Gasteiger partial charge is 0.494 e. The third-order valence-electron chi connectivity index (χ3n) is 3.46.